The maximum absolute atomic E-state index is 14.5. The third-order valence-corrected chi connectivity index (χ3v) is 4.73. The monoisotopic (exact) mass is 418 g/mol. The van der Waals surface area contributed by atoms with Gasteiger partial charge in [0.05, 0.1) is 6.20 Å². The second kappa shape index (κ2) is 7.81. The van der Waals surface area contributed by atoms with Gasteiger partial charge in [0, 0.05) is 35.5 Å². The van der Waals surface area contributed by atoms with Gasteiger partial charge >= 0.3 is 6.18 Å². The Morgan fingerprint density at radius 2 is 1.73 bits per heavy atom. The summed E-state index contributed by atoms with van der Waals surface area (Å²) in [6.07, 6.45) is 0.390. The molecule has 0 atom stereocenters. The minimum atomic E-state index is -4.48. The molecule has 4 rings (SSSR count). The van der Waals surface area contributed by atoms with Crippen molar-refractivity contribution in [2.45, 2.75) is 25.4 Å². The van der Waals surface area contributed by atoms with E-state index >= 15 is 0 Å². The van der Waals surface area contributed by atoms with Crippen LogP contribution in [0.1, 0.15) is 28.1 Å². The Morgan fingerprint density at radius 3 is 2.43 bits per heavy atom. The van der Waals surface area contributed by atoms with Gasteiger partial charge in [-0.25, -0.2) is 14.4 Å². The van der Waals surface area contributed by atoms with Gasteiger partial charge in [0.25, 0.3) is 0 Å². The molecule has 0 aliphatic carbocycles. The lowest BCUT2D eigenvalue weighted by molar-refractivity contribution is -0.141. The predicted octanol–water partition coefficient (Wildman–Crippen LogP) is 5.03. The number of fused-ring (bicyclic) bond motifs is 1. The average molecular weight is 418 g/mol. The molecule has 4 aromatic heterocycles. The molecular formula is C21H15F5N4. The van der Waals surface area contributed by atoms with Crippen molar-refractivity contribution in [3.05, 3.63) is 88.8 Å². The highest BCUT2D eigenvalue weighted by atomic mass is 19.4. The van der Waals surface area contributed by atoms with Crippen molar-refractivity contribution in [2.75, 3.05) is 0 Å². The number of H-pyrrole nitrogens is 1. The molecule has 30 heavy (non-hydrogen) atoms. The van der Waals surface area contributed by atoms with Crippen molar-refractivity contribution in [1.29, 1.82) is 0 Å². The highest BCUT2D eigenvalue weighted by Crippen LogP contribution is 2.27. The van der Waals surface area contributed by atoms with Gasteiger partial charge in [-0.1, -0.05) is 12.1 Å². The molecule has 0 amide bonds. The number of aryl methyl sites for hydroxylation is 2. The van der Waals surface area contributed by atoms with Crippen LogP contribution in [0.4, 0.5) is 22.0 Å². The highest BCUT2D eigenvalue weighted by Gasteiger charge is 2.31. The number of nitrogens with one attached hydrogen (secondary N) is 1. The number of hydrogen-bond acceptors (Lipinski definition) is 3. The number of aromatic amines is 1. The zero-order valence-corrected chi connectivity index (χ0v) is 15.5. The van der Waals surface area contributed by atoms with E-state index in [9.17, 15) is 22.0 Å². The van der Waals surface area contributed by atoms with E-state index in [2.05, 4.69) is 19.9 Å². The maximum atomic E-state index is 14.5. The quantitative estimate of drug-likeness (QED) is 0.366. The Labute approximate surface area is 167 Å². The Morgan fingerprint density at radius 1 is 0.900 bits per heavy atom. The van der Waals surface area contributed by atoms with Crippen molar-refractivity contribution < 1.29 is 22.0 Å². The molecule has 0 aliphatic heterocycles. The van der Waals surface area contributed by atoms with Gasteiger partial charge in [-0.3, -0.25) is 4.98 Å². The summed E-state index contributed by atoms with van der Waals surface area (Å²) in [4.78, 5) is 14.2. The van der Waals surface area contributed by atoms with Crippen molar-refractivity contribution in [2.24, 2.45) is 0 Å². The summed E-state index contributed by atoms with van der Waals surface area (Å²) in [5, 5.41) is 0.577. The topological polar surface area (TPSA) is 54.5 Å². The molecule has 4 aromatic rings. The molecule has 154 valence electrons. The standard InChI is InChI=1S/C21H15F5N4/c22-15-8-17-14(10-28-20(17)29-11-15)7-13-3-5-16(30-19(13)23)4-1-12-2-6-18(27-9-12)21(24,25)26/h2-3,5-6,8-11H,1,4,7H2,(H,28,29). The highest BCUT2D eigenvalue weighted by molar-refractivity contribution is 5.79. The summed E-state index contributed by atoms with van der Waals surface area (Å²) in [7, 11) is 0. The number of rotatable bonds is 5. The van der Waals surface area contributed by atoms with E-state index in [0.717, 1.165) is 18.5 Å². The summed E-state index contributed by atoms with van der Waals surface area (Å²) in [6, 6.07) is 6.89. The predicted molar refractivity (Wildman–Crippen MR) is 99.7 cm³/mol. The van der Waals surface area contributed by atoms with Crippen LogP contribution >= 0.6 is 0 Å². The Balaban J connectivity index is 1.44. The van der Waals surface area contributed by atoms with Gasteiger partial charge in [0.2, 0.25) is 5.95 Å². The van der Waals surface area contributed by atoms with Gasteiger partial charge in [0.1, 0.15) is 17.2 Å². The van der Waals surface area contributed by atoms with Crippen LogP contribution in [0.25, 0.3) is 11.0 Å². The van der Waals surface area contributed by atoms with E-state index in [4.69, 9.17) is 0 Å². The van der Waals surface area contributed by atoms with Crippen molar-refractivity contribution >= 4 is 11.0 Å². The largest absolute Gasteiger partial charge is 0.433 e. The first-order valence-corrected chi connectivity index (χ1v) is 9.07. The van der Waals surface area contributed by atoms with Crippen LogP contribution in [-0.2, 0) is 25.4 Å². The number of nitrogens with zero attached hydrogens (tertiary/aromatic N) is 3. The SMILES string of the molecule is Fc1cnc2[nH]cc(Cc3ccc(CCc4ccc(C(F)(F)F)nc4)nc3F)c2c1. The summed E-state index contributed by atoms with van der Waals surface area (Å²) in [5.74, 6) is -1.12. The Kier molecular flexibility index (Phi) is 5.19. The normalized spacial score (nSPS) is 11.9. The molecule has 1 N–H and O–H groups in total. The molecule has 0 bridgehead atoms. The van der Waals surface area contributed by atoms with E-state index in [1.54, 1.807) is 18.3 Å². The van der Waals surface area contributed by atoms with Crippen molar-refractivity contribution in [3.63, 3.8) is 0 Å². The van der Waals surface area contributed by atoms with Gasteiger partial charge in [0.15, 0.2) is 0 Å². The summed E-state index contributed by atoms with van der Waals surface area (Å²) in [5.41, 5.74) is 1.68. The zero-order chi connectivity index (χ0) is 21.3. The molecule has 4 heterocycles. The molecule has 0 spiro atoms. The molecule has 0 unspecified atom stereocenters. The molecule has 9 heteroatoms. The summed E-state index contributed by atoms with van der Waals surface area (Å²) in [6.45, 7) is 0. The van der Waals surface area contributed by atoms with Crippen molar-refractivity contribution in [3.8, 4) is 0 Å². The zero-order valence-electron chi connectivity index (χ0n) is 15.5. The van der Waals surface area contributed by atoms with Crippen LogP contribution in [-0.4, -0.2) is 19.9 Å². The molecule has 0 aliphatic rings. The first-order chi connectivity index (χ1) is 14.3. The van der Waals surface area contributed by atoms with Crippen LogP contribution in [0.15, 0.2) is 48.9 Å². The third-order valence-electron chi connectivity index (χ3n) is 4.73. The summed E-state index contributed by atoms with van der Waals surface area (Å²) >= 11 is 0. The molecule has 0 saturated heterocycles. The fraction of sp³-hybridized carbons (Fsp3) is 0.190. The number of alkyl halides is 3. The van der Waals surface area contributed by atoms with Crippen LogP contribution in [0.3, 0.4) is 0 Å². The number of pyridine rings is 3. The maximum Gasteiger partial charge on any atom is 0.433 e. The fourth-order valence-electron chi connectivity index (χ4n) is 3.17. The molecule has 0 radical (unpaired) electrons. The van der Waals surface area contributed by atoms with Crippen LogP contribution in [0, 0.1) is 11.8 Å². The Bertz CT molecular complexity index is 1180. The Hall–Kier alpha value is -3.36. The molecular weight excluding hydrogens is 403 g/mol. The molecule has 4 nitrogen and oxygen atoms in total. The molecule has 0 aromatic carbocycles. The first-order valence-electron chi connectivity index (χ1n) is 9.07. The minimum absolute atomic E-state index is 0.215. The first kappa shape index (κ1) is 19.9. The third kappa shape index (κ3) is 4.29. The molecule has 0 saturated carbocycles. The van der Waals surface area contributed by atoms with E-state index in [0.29, 0.717) is 46.3 Å². The lowest BCUT2D eigenvalue weighted by atomic mass is 10.0. The van der Waals surface area contributed by atoms with E-state index < -0.39 is 23.6 Å². The van der Waals surface area contributed by atoms with E-state index in [1.807, 2.05) is 0 Å². The number of aromatic nitrogens is 4. The summed E-state index contributed by atoms with van der Waals surface area (Å²) < 4.78 is 65.6. The van der Waals surface area contributed by atoms with E-state index in [-0.39, 0.29) is 6.42 Å². The van der Waals surface area contributed by atoms with Crippen molar-refractivity contribution in [1.82, 2.24) is 19.9 Å². The van der Waals surface area contributed by atoms with Crippen LogP contribution in [0.5, 0.6) is 0 Å². The van der Waals surface area contributed by atoms with Crippen LogP contribution < -0.4 is 0 Å². The van der Waals surface area contributed by atoms with E-state index in [1.165, 1.54) is 12.1 Å². The second-order valence-corrected chi connectivity index (χ2v) is 6.84. The lowest BCUT2D eigenvalue weighted by Crippen LogP contribution is -2.08. The van der Waals surface area contributed by atoms with Crippen LogP contribution in [0.2, 0.25) is 0 Å². The van der Waals surface area contributed by atoms with Gasteiger partial charge in [-0.05, 0) is 42.2 Å². The lowest BCUT2D eigenvalue weighted by Gasteiger charge is -2.07. The van der Waals surface area contributed by atoms with Gasteiger partial charge in [-0.2, -0.15) is 17.6 Å². The average Bonchev–Trinajstić information content (AvgIpc) is 3.10. The number of halogens is 5. The minimum Gasteiger partial charge on any atom is -0.346 e. The number of hydrogen-bond donors (Lipinski definition) is 1. The van der Waals surface area contributed by atoms with Gasteiger partial charge < -0.3 is 4.98 Å². The smallest absolute Gasteiger partial charge is 0.346 e. The van der Waals surface area contributed by atoms with Gasteiger partial charge in [-0.15, -0.1) is 0 Å². The second-order valence-electron chi connectivity index (χ2n) is 6.84. The fourth-order valence-corrected chi connectivity index (χ4v) is 3.17. The molecule has 0 fully saturated rings.